The van der Waals surface area contributed by atoms with Gasteiger partial charge in [-0.1, -0.05) is 32.9 Å². The van der Waals surface area contributed by atoms with E-state index in [1.54, 1.807) is 0 Å². The van der Waals surface area contributed by atoms with E-state index < -0.39 is 22.9 Å². The van der Waals surface area contributed by atoms with Crippen molar-refractivity contribution in [2.45, 2.75) is 98.0 Å². The summed E-state index contributed by atoms with van der Waals surface area (Å²) in [5.74, 6) is 2.04. The molecule has 0 spiro atoms. The van der Waals surface area contributed by atoms with E-state index in [0.29, 0.717) is 29.6 Å². The number of fused-ring (bicyclic) bond motifs is 7. The Kier molecular flexibility index (Phi) is 5.47. The lowest BCUT2D eigenvalue weighted by Gasteiger charge is -2.69. The van der Waals surface area contributed by atoms with Crippen LogP contribution in [0.15, 0.2) is 12.2 Å². The van der Waals surface area contributed by atoms with Crippen molar-refractivity contribution in [3.05, 3.63) is 12.2 Å². The molecule has 5 aliphatic carbocycles. The van der Waals surface area contributed by atoms with Crippen molar-refractivity contribution in [2.24, 2.45) is 57.2 Å². The predicted octanol–water partition coefficient (Wildman–Crippen LogP) is 5.67. The summed E-state index contributed by atoms with van der Waals surface area (Å²) < 4.78 is 0. The van der Waals surface area contributed by atoms with Gasteiger partial charge >= 0.3 is 5.97 Å². The molecule has 0 aliphatic heterocycles. The summed E-state index contributed by atoms with van der Waals surface area (Å²) in [6, 6.07) is 0. The molecule has 5 unspecified atom stereocenters. The second-order valence-corrected chi connectivity index (χ2v) is 13.7. The highest BCUT2D eigenvalue weighted by Gasteiger charge is 2.68. The second kappa shape index (κ2) is 7.56. The van der Waals surface area contributed by atoms with E-state index in [9.17, 15) is 20.1 Å². The van der Waals surface area contributed by atoms with Crippen LogP contribution in [0, 0.1) is 57.2 Å². The zero-order chi connectivity index (χ0) is 24.0. The lowest BCUT2D eigenvalue weighted by Crippen LogP contribution is -2.64. The van der Waals surface area contributed by atoms with E-state index >= 15 is 0 Å². The number of hydrogen-bond donors (Lipinski definition) is 3. The normalized spacial score (nSPS) is 55.6. The number of carboxylic acids is 1. The fraction of sp³-hybridized carbons (Fsp3) is 0.897. The number of aliphatic carboxylic acids is 1. The molecule has 11 atom stereocenters. The van der Waals surface area contributed by atoms with Crippen LogP contribution in [0.25, 0.3) is 0 Å². The topological polar surface area (TPSA) is 77.8 Å². The first-order chi connectivity index (χ1) is 15.5. The average Bonchev–Trinajstić information content (AvgIpc) is 3.18. The minimum Gasteiger partial charge on any atom is -0.481 e. The largest absolute Gasteiger partial charge is 0.481 e. The number of carboxylic acid groups (broad SMARTS) is 1. The van der Waals surface area contributed by atoms with Crippen LogP contribution in [-0.4, -0.2) is 34.0 Å². The molecule has 0 heterocycles. The van der Waals surface area contributed by atoms with Crippen molar-refractivity contribution in [2.75, 3.05) is 6.61 Å². The van der Waals surface area contributed by atoms with Gasteiger partial charge in [0.25, 0.3) is 0 Å². The van der Waals surface area contributed by atoms with Crippen LogP contribution < -0.4 is 0 Å². The molecule has 5 rings (SSSR count). The van der Waals surface area contributed by atoms with Gasteiger partial charge in [0.1, 0.15) is 0 Å². The van der Waals surface area contributed by atoms with E-state index in [2.05, 4.69) is 34.3 Å². The molecule has 4 nitrogen and oxygen atoms in total. The number of aliphatic hydroxyl groups excluding tert-OH is 2. The molecule has 0 aromatic heterocycles. The van der Waals surface area contributed by atoms with Crippen molar-refractivity contribution < 1.29 is 20.1 Å². The van der Waals surface area contributed by atoms with E-state index in [0.717, 1.165) is 64.2 Å². The van der Waals surface area contributed by atoms with Crippen LogP contribution in [0.1, 0.15) is 91.9 Å². The van der Waals surface area contributed by atoms with E-state index in [1.807, 2.05) is 0 Å². The van der Waals surface area contributed by atoms with Crippen LogP contribution in [0.5, 0.6) is 0 Å². The van der Waals surface area contributed by atoms with Gasteiger partial charge in [0.05, 0.1) is 18.1 Å². The molecular formula is C29H46O4. The summed E-state index contributed by atoms with van der Waals surface area (Å²) in [7, 11) is 0. The highest BCUT2D eigenvalue weighted by Crippen LogP contribution is 2.73. The lowest BCUT2D eigenvalue weighted by molar-refractivity contribution is -0.227. The van der Waals surface area contributed by atoms with Crippen molar-refractivity contribution >= 4 is 5.97 Å². The number of aliphatic hydroxyl groups is 2. The highest BCUT2D eigenvalue weighted by atomic mass is 16.4. The van der Waals surface area contributed by atoms with E-state index in [1.165, 1.54) is 5.57 Å². The van der Waals surface area contributed by atoms with Gasteiger partial charge in [-0.2, -0.15) is 0 Å². The van der Waals surface area contributed by atoms with Crippen molar-refractivity contribution in [1.82, 2.24) is 0 Å². The third-order valence-corrected chi connectivity index (χ3v) is 12.8. The number of rotatable bonds is 3. The van der Waals surface area contributed by atoms with Crippen molar-refractivity contribution in [3.63, 3.8) is 0 Å². The lowest BCUT2D eigenvalue weighted by atomic mass is 9.36. The van der Waals surface area contributed by atoms with E-state index in [4.69, 9.17) is 0 Å². The minimum atomic E-state index is -0.558. The number of carbonyl (C=O) groups is 1. The van der Waals surface area contributed by atoms with Gasteiger partial charge < -0.3 is 15.3 Å². The third-order valence-electron chi connectivity index (χ3n) is 12.8. The van der Waals surface area contributed by atoms with Gasteiger partial charge in [0.15, 0.2) is 0 Å². The monoisotopic (exact) mass is 458 g/mol. The Morgan fingerprint density at radius 1 is 0.909 bits per heavy atom. The van der Waals surface area contributed by atoms with Gasteiger partial charge in [-0.25, -0.2) is 0 Å². The Hall–Kier alpha value is -0.870. The van der Waals surface area contributed by atoms with Gasteiger partial charge in [-0.3, -0.25) is 4.79 Å². The molecule has 0 aromatic carbocycles. The molecule has 0 amide bonds. The molecule has 5 fully saturated rings. The summed E-state index contributed by atoms with van der Waals surface area (Å²) in [5.41, 5.74) is 0.595. The van der Waals surface area contributed by atoms with Crippen LogP contribution in [0.4, 0.5) is 0 Å². The van der Waals surface area contributed by atoms with Crippen LogP contribution >= 0.6 is 0 Å². The fourth-order valence-electron chi connectivity index (χ4n) is 11.2. The zero-order valence-electron chi connectivity index (χ0n) is 21.3. The first kappa shape index (κ1) is 23.9. The van der Waals surface area contributed by atoms with Gasteiger partial charge in [0.2, 0.25) is 0 Å². The number of hydrogen-bond acceptors (Lipinski definition) is 3. The standard InChI is InChI=1S/C29H46O4/c1-17(2)18-8-14-29(25(32)33)15-9-20-19(24(18)29)6-7-21-26(20,3)12-10-22-27(21,4)13-11-23(31)28(22,5)16-30/h18-24,30-31H,1,6-16H2,2-5H3,(H,32,33)/t18-,19?,20?,21?,22?,23-,24?,26-,27+,28-,29-/m0/s1. The van der Waals surface area contributed by atoms with Crippen molar-refractivity contribution in [1.29, 1.82) is 0 Å². The molecule has 33 heavy (non-hydrogen) atoms. The van der Waals surface area contributed by atoms with Gasteiger partial charge in [-0.15, -0.1) is 0 Å². The summed E-state index contributed by atoms with van der Waals surface area (Å²) in [5, 5.41) is 31.6. The maximum Gasteiger partial charge on any atom is 0.309 e. The fourth-order valence-corrected chi connectivity index (χ4v) is 11.2. The summed E-state index contributed by atoms with van der Waals surface area (Å²) in [6.07, 6.45) is 9.61. The van der Waals surface area contributed by atoms with Crippen LogP contribution in [-0.2, 0) is 4.79 Å². The smallest absolute Gasteiger partial charge is 0.309 e. The minimum absolute atomic E-state index is 0.0629. The quantitative estimate of drug-likeness (QED) is 0.476. The molecule has 3 N–H and O–H groups in total. The van der Waals surface area contributed by atoms with Crippen LogP contribution in [0.3, 0.4) is 0 Å². The first-order valence-corrected chi connectivity index (χ1v) is 13.6. The van der Waals surface area contributed by atoms with Gasteiger partial charge in [0, 0.05) is 5.41 Å². The van der Waals surface area contributed by atoms with E-state index in [-0.39, 0.29) is 23.4 Å². The summed E-state index contributed by atoms with van der Waals surface area (Å²) in [4.78, 5) is 12.7. The predicted molar refractivity (Wildman–Crippen MR) is 129 cm³/mol. The summed E-state index contributed by atoms with van der Waals surface area (Å²) >= 11 is 0. The molecule has 0 saturated heterocycles. The van der Waals surface area contributed by atoms with Gasteiger partial charge in [-0.05, 0) is 117 Å². The Bertz CT molecular complexity index is 837. The SMILES string of the molecule is C=C(C)[C@@H]1CC[C@]2(C(=O)O)CCC3C(CCC4[C@@]3(C)CCC3[C@]4(C)CC[C@H](O)[C@@]3(C)CO)C12. The molecule has 4 heteroatoms. The third kappa shape index (κ3) is 2.92. The number of allylic oxidation sites excluding steroid dienone is 1. The molecule has 0 bridgehead atoms. The Balaban J connectivity index is 1.51. The highest BCUT2D eigenvalue weighted by molar-refractivity contribution is 5.76. The molecular weight excluding hydrogens is 412 g/mol. The maximum atomic E-state index is 12.7. The molecule has 0 radical (unpaired) electrons. The van der Waals surface area contributed by atoms with Crippen molar-refractivity contribution in [3.8, 4) is 0 Å². The summed E-state index contributed by atoms with van der Waals surface area (Å²) in [6.45, 7) is 13.6. The molecule has 0 aromatic rings. The Labute approximate surface area is 200 Å². The molecule has 186 valence electrons. The molecule has 5 saturated carbocycles. The Morgan fingerprint density at radius 2 is 1.58 bits per heavy atom. The maximum absolute atomic E-state index is 12.7. The Morgan fingerprint density at radius 3 is 2.21 bits per heavy atom. The second-order valence-electron chi connectivity index (χ2n) is 13.7. The zero-order valence-corrected chi connectivity index (χ0v) is 21.3. The molecule has 5 aliphatic rings. The first-order valence-electron chi connectivity index (χ1n) is 13.6. The average molecular weight is 459 g/mol. The van der Waals surface area contributed by atoms with Crippen LogP contribution in [0.2, 0.25) is 0 Å².